The van der Waals surface area contributed by atoms with E-state index in [-0.39, 0.29) is 0 Å². The normalized spacial score (nSPS) is 44.0. The fourth-order valence-electron chi connectivity index (χ4n) is 3.15. The van der Waals surface area contributed by atoms with E-state index < -0.39 is 0 Å². The first-order valence-corrected chi connectivity index (χ1v) is 5.47. The average molecular weight is 167 g/mol. The van der Waals surface area contributed by atoms with E-state index in [9.17, 15) is 0 Å². The smallest absolute Gasteiger partial charge is 0.00956 e. The maximum atomic E-state index is 3.59. The van der Waals surface area contributed by atoms with E-state index in [1.165, 1.54) is 38.6 Å². The summed E-state index contributed by atoms with van der Waals surface area (Å²) in [6.45, 7) is 6.10. The van der Waals surface area contributed by atoms with Crippen LogP contribution >= 0.6 is 0 Å². The number of hydrogen-bond acceptors (Lipinski definition) is 1. The second-order valence-electron chi connectivity index (χ2n) is 4.91. The maximum Gasteiger partial charge on any atom is 0.00956 e. The van der Waals surface area contributed by atoms with Crippen LogP contribution in [0.3, 0.4) is 0 Å². The lowest BCUT2D eigenvalue weighted by atomic mass is 9.71. The number of hydrogen-bond donors (Lipinski definition) is 1. The van der Waals surface area contributed by atoms with Crippen molar-refractivity contribution < 1.29 is 0 Å². The summed E-state index contributed by atoms with van der Waals surface area (Å²) in [5.74, 6) is 1.02. The largest absolute Gasteiger partial charge is 0.314 e. The van der Waals surface area contributed by atoms with Crippen molar-refractivity contribution in [2.24, 2.45) is 11.3 Å². The quantitative estimate of drug-likeness (QED) is 0.633. The highest BCUT2D eigenvalue weighted by Crippen LogP contribution is 2.46. The van der Waals surface area contributed by atoms with Gasteiger partial charge >= 0.3 is 0 Å². The van der Waals surface area contributed by atoms with Crippen LogP contribution in [0.1, 0.15) is 46.0 Å². The minimum Gasteiger partial charge on any atom is -0.314 e. The van der Waals surface area contributed by atoms with Crippen molar-refractivity contribution in [1.29, 1.82) is 0 Å². The van der Waals surface area contributed by atoms with Gasteiger partial charge in [-0.15, -0.1) is 0 Å². The topological polar surface area (TPSA) is 12.0 Å². The summed E-state index contributed by atoms with van der Waals surface area (Å²) < 4.78 is 0. The van der Waals surface area contributed by atoms with Crippen molar-refractivity contribution in [2.45, 2.75) is 52.0 Å². The molecule has 70 valence electrons. The van der Waals surface area contributed by atoms with Crippen molar-refractivity contribution >= 4 is 0 Å². The van der Waals surface area contributed by atoms with Crippen molar-refractivity contribution in [3.63, 3.8) is 0 Å². The van der Waals surface area contributed by atoms with Gasteiger partial charge in [-0.3, -0.25) is 0 Å². The van der Waals surface area contributed by atoms with Crippen LogP contribution in [0.15, 0.2) is 0 Å². The van der Waals surface area contributed by atoms with Crippen LogP contribution in [-0.4, -0.2) is 12.6 Å². The summed E-state index contributed by atoms with van der Waals surface area (Å²) in [6.07, 6.45) is 7.34. The van der Waals surface area contributed by atoms with Crippen LogP contribution in [0.2, 0.25) is 0 Å². The molecule has 1 saturated carbocycles. The van der Waals surface area contributed by atoms with Crippen molar-refractivity contribution in [3.05, 3.63) is 0 Å². The molecular formula is C11H21N. The first kappa shape index (κ1) is 8.55. The van der Waals surface area contributed by atoms with Crippen LogP contribution in [0.5, 0.6) is 0 Å². The molecule has 0 aromatic heterocycles. The molecule has 1 nitrogen and oxygen atoms in total. The summed E-state index contributed by atoms with van der Waals surface area (Å²) in [6, 6.07) is 0.751. The fourth-order valence-corrected chi connectivity index (χ4v) is 3.15. The molecule has 1 heteroatoms. The molecule has 0 aromatic carbocycles. The standard InChI is InChI=1S/C11H21N/c1-9-11(2,7-8-12-9)10-5-3-4-6-10/h9-10,12H,3-8H2,1-2H3. The second kappa shape index (κ2) is 3.02. The van der Waals surface area contributed by atoms with Crippen LogP contribution in [0, 0.1) is 11.3 Å². The van der Waals surface area contributed by atoms with Crippen LogP contribution in [-0.2, 0) is 0 Å². The van der Waals surface area contributed by atoms with Gasteiger partial charge in [-0.05, 0) is 44.1 Å². The van der Waals surface area contributed by atoms with Gasteiger partial charge < -0.3 is 5.32 Å². The zero-order valence-electron chi connectivity index (χ0n) is 8.40. The van der Waals surface area contributed by atoms with Crippen molar-refractivity contribution in [1.82, 2.24) is 5.32 Å². The van der Waals surface area contributed by atoms with E-state index >= 15 is 0 Å². The molecule has 0 amide bonds. The Bertz CT molecular complexity index is 160. The zero-order valence-corrected chi connectivity index (χ0v) is 8.40. The maximum absolute atomic E-state index is 3.59. The molecule has 0 bridgehead atoms. The first-order valence-electron chi connectivity index (χ1n) is 5.47. The molecule has 1 saturated heterocycles. The highest BCUT2D eigenvalue weighted by molar-refractivity contribution is 4.97. The van der Waals surface area contributed by atoms with Crippen molar-refractivity contribution in [2.75, 3.05) is 6.54 Å². The summed E-state index contributed by atoms with van der Waals surface area (Å²) in [5, 5.41) is 3.59. The Labute approximate surface area is 75.9 Å². The van der Waals surface area contributed by atoms with E-state index in [1.807, 2.05) is 0 Å². The molecule has 0 radical (unpaired) electrons. The Morgan fingerprint density at radius 2 is 1.92 bits per heavy atom. The Morgan fingerprint density at radius 3 is 2.42 bits per heavy atom. The van der Waals surface area contributed by atoms with Crippen LogP contribution in [0.4, 0.5) is 0 Å². The SMILES string of the molecule is CC1NCCC1(C)C1CCCC1. The van der Waals surface area contributed by atoms with Gasteiger partial charge in [-0.2, -0.15) is 0 Å². The zero-order chi connectivity index (χ0) is 8.60. The van der Waals surface area contributed by atoms with Gasteiger partial charge in [-0.1, -0.05) is 19.8 Å². The molecule has 0 spiro atoms. The predicted octanol–water partition coefficient (Wildman–Crippen LogP) is 2.56. The third kappa shape index (κ3) is 1.19. The second-order valence-corrected chi connectivity index (χ2v) is 4.91. The van der Waals surface area contributed by atoms with Gasteiger partial charge in [0.15, 0.2) is 0 Å². The fraction of sp³-hybridized carbons (Fsp3) is 1.00. The van der Waals surface area contributed by atoms with Gasteiger partial charge in [0.25, 0.3) is 0 Å². The molecule has 1 aliphatic carbocycles. The Hall–Kier alpha value is -0.0400. The third-order valence-corrected chi connectivity index (χ3v) is 4.39. The molecule has 2 aliphatic rings. The summed E-state index contributed by atoms with van der Waals surface area (Å²) in [7, 11) is 0. The lowest BCUT2D eigenvalue weighted by molar-refractivity contribution is 0.172. The molecule has 0 aromatic rings. The average Bonchev–Trinajstić information content (AvgIpc) is 2.62. The molecule has 2 unspecified atom stereocenters. The lowest BCUT2D eigenvalue weighted by Gasteiger charge is -2.35. The number of nitrogens with one attached hydrogen (secondary N) is 1. The van der Waals surface area contributed by atoms with E-state index in [0.29, 0.717) is 5.41 Å². The van der Waals surface area contributed by atoms with Crippen LogP contribution < -0.4 is 5.32 Å². The van der Waals surface area contributed by atoms with Crippen LogP contribution in [0.25, 0.3) is 0 Å². The highest BCUT2D eigenvalue weighted by Gasteiger charge is 2.42. The van der Waals surface area contributed by atoms with Gasteiger partial charge in [0.05, 0.1) is 0 Å². The van der Waals surface area contributed by atoms with E-state index in [1.54, 1.807) is 0 Å². The monoisotopic (exact) mass is 167 g/mol. The van der Waals surface area contributed by atoms with Crippen molar-refractivity contribution in [3.8, 4) is 0 Å². The van der Waals surface area contributed by atoms with Gasteiger partial charge in [0.1, 0.15) is 0 Å². The Morgan fingerprint density at radius 1 is 1.25 bits per heavy atom. The van der Waals surface area contributed by atoms with Gasteiger partial charge in [0.2, 0.25) is 0 Å². The van der Waals surface area contributed by atoms with E-state index in [4.69, 9.17) is 0 Å². The molecule has 1 aliphatic heterocycles. The van der Waals surface area contributed by atoms with E-state index in [0.717, 1.165) is 12.0 Å². The van der Waals surface area contributed by atoms with E-state index in [2.05, 4.69) is 19.2 Å². The molecule has 1 N–H and O–H groups in total. The molecule has 2 rings (SSSR count). The first-order chi connectivity index (χ1) is 5.73. The lowest BCUT2D eigenvalue weighted by Crippen LogP contribution is -2.36. The Balaban J connectivity index is 2.07. The summed E-state index contributed by atoms with van der Waals surface area (Å²) >= 11 is 0. The molecule has 2 atom stereocenters. The Kier molecular flexibility index (Phi) is 2.16. The summed E-state index contributed by atoms with van der Waals surface area (Å²) in [5.41, 5.74) is 0.622. The third-order valence-electron chi connectivity index (χ3n) is 4.39. The predicted molar refractivity (Wildman–Crippen MR) is 52.1 cm³/mol. The highest BCUT2D eigenvalue weighted by atomic mass is 15.0. The molecule has 12 heavy (non-hydrogen) atoms. The molecule has 2 fully saturated rings. The molecule has 1 heterocycles. The summed E-state index contributed by atoms with van der Waals surface area (Å²) in [4.78, 5) is 0. The van der Waals surface area contributed by atoms with Gasteiger partial charge in [-0.25, -0.2) is 0 Å². The van der Waals surface area contributed by atoms with Gasteiger partial charge in [0, 0.05) is 6.04 Å². The minimum atomic E-state index is 0.622. The minimum absolute atomic E-state index is 0.622. The molecular weight excluding hydrogens is 146 g/mol. The number of rotatable bonds is 1.